The largest absolute Gasteiger partial charge is 0.478 e. The Morgan fingerprint density at radius 2 is 2.17 bits per heavy atom. The Morgan fingerprint density at radius 3 is 2.78 bits per heavy atom. The number of ether oxygens (including phenoxy) is 2. The van der Waals surface area contributed by atoms with Gasteiger partial charge < -0.3 is 14.6 Å². The van der Waals surface area contributed by atoms with Crippen molar-refractivity contribution in [3.05, 3.63) is 33.8 Å². The normalized spacial score (nSPS) is 16.7. The lowest BCUT2D eigenvalue weighted by molar-refractivity contribution is -0.0392. The van der Waals surface area contributed by atoms with Crippen molar-refractivity contribution in [2.45, 2.75) is 25.6 Å². The quantitative estimate of drug-likeness (QED) is 0.928. The van der Waals surface area contributed by atoms with E-state index in [0.717, 1.165) is 36.1 Å². The van der Waals surface area contributed by atoms with Gasteiger partial charge in [0.1, 0.15) is 0 Å². The molecular weight excluding hydrogens is 300 g/mol. The molecule has 0 radical (unpaired) electrons. The van der Waals surface area contributed by atoms with Gasteiger partial charge in [-0.3, -0.25) is 0 Å². The molecule has 1 saturated heterocycles. The van der Waals surface area contributed by atoms with Crippen LogP contribution in [0.15, 0.2) is 22.7 Å². The number of benzene rings is 1. The molecule has 5 heteroatoms. The van der Waals surface area contributed by atoms with Gasteiger partial charge in [-0.15, -0.1) is 0 Å². The number of aromatic carboxylic acids is 1. The number of carboxylic acid groups (broad SMARTS) is 1. The van der Waals surface area contributed by atoms with Gasteiger partial charge in [0.25, 0.3) is 0 Å². The van der Waals surface area contributed by atoms with E-state index in [1.807, 2.05) is 0 Å². The van der Waals surface area contributed by atoms with Crippen molar-refractivity contribution in [2.24, 2.45) is 0 Å². The molecule has 0 spiro atoms. The van der Waals surface area contributed by atoms with E-state index in [1.54, 1.807) is 18.2 Å². The summed E-state index contributed by atoms with van der Waals surface area (Å²) in [5.41, 5.74) is 1.24. The van der Waals surface area contributed by atoms with E-state index in [2.05, 4.69) is 15.9 Å². The average Bonchev–Trinajstić information content (AvgIpc) is 2.38. The Kier molecular flexibility index (Phi) is 4.74. The number of halogens is 1. The fourth-order valence-corrected chi connectivity index (χ4v) is 2.34. The van der Waals surface area contributed by atoms with E-state index in [-0.39, 0.29) is 11.7 Å². The lowest BCUT2D eigenvalue weighted by Gasteiger charge is -2.22. The fourth-order valence-electron chi connectivity index (χ4n) is 1.85. The van der Waals surface area contributed by atoms with Gasteiger partial charge in [-0.05, 0) is 30.5 Å². The molecule has 0 aromatic heterocycles. The van der Waals surface area contributed by atoms with Crippen LogP contribution in [-0.2, 0) is 16.1 Å². The predicted molar refractivity (Wildman–Crippen MR) is 69.7 cm³/mol. The van der Waals surface area contributed by atoms with Crippen molar-refractivity contribution in [3.63, 3.8) is 0 Å². The lowest BCUT2D eigenvalue weighted by Crippen LogP contribution is -2.23. The van der Waals surface area contributed by atoms with Crippen molar-refractivity contribution in [1.29, 1.82) is 0 Å². The van der Waals surface area contributed by atoms with Gasteiger partial charge in [0.2, 0.25) is 0 Å². The van der Waals surface area contributed by atoms with E-state index in [0.29, 0.717) is 6.61 Å². The molecule has 0 amide bonds. The molecule has 1 aromatic rings. The molecule has 98 valence electrons. The monoisotopic (exact) mass is 314 g/mol. The lowest BCUT2D eigenvalue weighted by atomic mass is 10.1. The Bertz CT molecular complexity index is 427. The topological polar surface area (TPSA) is 55.8 Å². The van der Waals surface area contributed by atoms with Crippen LogP contribution in [0.1, 0.15) is 28.8 Å². The first kappa shape index (κ1) is 13.5. The first-order chi connectivity index (χ1) is 8.66. The van der Waals surface area contributed by atoms with Crippen molar-refractivity contribution < 1.29 is 19.4 Å². The summed E-state index contributed by atoms with van der Waals surface area (Å²) in [6.07, 6.45) is 2.08. The molecule has 0 unspecified atom stereocenters. The highest BCUT2D eigenvalue weighted by Crippen LogP contribution is 2.21. The zero-order valence-electron chi connectivity index (χ0n) is 9.89. The standard InChI is InChI=1S/C13H15BrO4/c14-12-7-9(13(15)16)1-2-10(12)8-18-11-3-5-17-6-4-11/h1-2,7,11H,3-6,8H2,(H,15,16). The molecule has 1 aromatic carbocycles. The van der Waals surface area contributed by atoms with Gasteiger partial charge in [-0.2, -0.15) is 0 Å². The van der Waals surface area contributed by atoms with Crippen molar-refractivity contribution in [3.8, 4) is 0 Å². The Hall–Kier alpha value is -0.910. The maximum atomic E-state index is 10.8. The van der Waals surface area contributed by atoms with E-state index in [9.17, 15) is 4.79 Å². The molecule has 1 N–H and O–H groups in total. The van der Waals surface area contributed by atoms with Crippen LogP contribution in [0.3, 0.4) is 0 Å². The van der Waals surface area contributed by atoms with E-state index < -0.39 is 5.97 Å². The summed E-state index contributed by atoms with van der Waals surface area (Å²) in [5, 5.41) is 8.87. The minimum Gasteiger partial charge on any atom is -0.478 e. The Labute approximate surface area is 114 Å². The SMILES string of the molecule is O=C(O)c1ccc(COC2CCOCC2)c(Br)c1. The van der Waals surface area contributed by atoms with Crippen LogP contribution < -0.4 is 0 Å². The molecular formula is C13H15BrO4. The van der Waals surface area contributed by atoms with Crippen molar-refractivity contribution >= 4 is 21.9 Å². The molecule has 4 nitrogen and oxygen atoms in total. The summed E-state index contributed by atoms with van der Waals surface area (Å²) in [6.45, 7) is 2.00. The average molecular weight is 315 g/mol. The van der Waals surface area contributed by atoms with Gasteiger partial charge in [-0.1, -0.05) is 22.0 Å². The maximum absolute atomic E-state index is 10.8. The second-order valence-electron chi connectivity index (χ2n) is 4.23. The molecule has 1 aliphatic heterocycles. The van der Waals surface area contributed by atoms with Crippen LogP contribution >= 0.6 is 15.9 Å². The highest BCUT2D eigenvalue weighted by atomic mass is 79.9. The highest BCUT2D eigenvalue weighted by molar-refractivity contribution is 9.10. The molecule has 1 aliphatic rings. The van der Waals surface area contributed by atoms with Crippen LogP contribution in [0.2, 0.25) is 0 Å². The van der Waals surface area contributed by atoms with Crippen LogP contribution in [0.5, 0.6) is 0 Å². The first-order valence-corrected chi connectivity index (χ1v) is 6.67. The molecule has 2 rings (SSSR count). The summed E-state index contributed by atoms with van der Waals surface area (Å²) in [7, 11) is 0. The zero-order valence-corrected chi connectivity index (χ0v) is 11.5. The summed E-state index contributed by atoms with van der Waals surface area (Å²) in [4.78, 5) is 10.8. The molecule has 0 saturated carbocycles. The van der Waals surface area contributed by atoms with Gasteiger partial charge in [0, 0.05) is 17.7 Å². The van der Waals surface area contributed by atoms with E-state index in [1.165, 1.54) is 0 Å². The number of carbonyl (C=O) groups is 1. The number of hydrogen-bond acceptors (Lipinski definition) is 3. The third-order valence-electron chi connectivity index (χ3n) is 2.94. The van der Waals surface area contributed by atoms with Gasteiger partial charge >= 0.3 is 5.97 Å². The summed E-state index contributed by atoms with van der Waals surface area (Å²) < 4.78 is 11.8. The fraction of sp³-hybridized carbons (Fsp3) is 0.462. The van der Waals surface area contributed by atoms with Crippen LogP contribution in [0.25, 0.3) is 0 Å². The predicted octanol–water partition coefficient (Wildman–Crippen LogP) is 2.84. The smallest absolute Gasteiger partial charge is 0.335 e. The second-order valence-corrected chi connectivity index (χ2v) is 5.09. The zero-order chi connectivity index (χ0) is 13.0. The number of carboxylic acids is 1. The highest BCUT2D eigenvalue weighted by Gasteiger charge is 2.15. The maximum Gasteiger partial charge on any atom is 0.335 e. The van der Waals surface area contributed by atoms with Crippen LogP contribution in [0.4, 0.5) is 0 Å². The van der Waals surface area contributed by atoms with Crippen molar-refractivity contribution in [2.75, 3.05) is 13.2 Å². The Balaban J connectivity index is 1.94. The molecule has 0 bridgehead atoms. The first-order valence-electron chi connectivity index (χ1n) is 5.88. The van der Waals surface area contributed by atoms with E-state index >= 15 is 0 Å². The summed E-state index contributed by atoms with van der Waals surface area (Å²) in [5.74, 6) is -0.924. The molecule has 0 atom stereocenters. The summed E-state index contributed by atoms with van der Waals surface area (Å²) >= 11 is 3.37. The minimum atomic E-state index is -0.924. The third-order valence-corrected chi connectivity index (χ3v) is 3.68. The molecule has 1 fully saturated rings. The van der Waals surface area contributed by atoms with E-state index in [4.69, 9.17) is 14.6 Å². The molecule has 1 heterocycles. The molecule has 0 aliphatic carbocycles. The second kappa shape index (κ2) is 6.31. The van der Waals surface area contributed by atoms with Crippen LogP contribution in [-0.4, -0.2) is 30.4 Å². The molecule has 18 heavy (non-hydrogen) atoms. The third kappa shape index (κ3) is 3.54. The minimum absolute atomic E-state index is 0.241. The van der Waals surface area contributed by atoms with Crippen LogP contribution in [0, 0.1) is 0 Å². The number of hydrogen-bond donors (Lipinski definition) is 1. The Morgan fingerprint density at radius 1 is 1.44 bits per heavy atom. The number of rotatable bonds is 4. The van der Waals surface area contributed by atoms with Crippen molar-refractivity contribution in [1.82, 2.24) is 0 Å². The van der Waals surface area contributed by atoms with Gasteiger partial charge in [-0.25, -0.2) is 4.79 Å². The van der Waals surface area contributed by atoms with Gasteiger partial charge in [0.15, 0.2) is 0 Å². The van der Waals surface area contributed by atoms with Gasteiger partial charge in [0.05, 0.1) is 18.3 Å². The summed E-state index contributed by atoms with van der Waals surface area (Å²) in [6, 6.07) is 4.98.